The van der Waals surface area contributed by atoms with Crippen molar-refractivity contribution < 1.29 is 24.5 Å². The number of carboxylic acids is 2. The fourth-order valence-corrected chi connectivity index (χ4v) is 2.03. The number of hydrogen-bond donors (Lipinski definition) is 3. The first-order valence-corrected chi connectivity index (χ1v) is 8.50. The topological polar surface area (TPSA) is 95.9 Å². The van der Waals surface area contributed by atoms with E-state index in [-0.39, 0.29) is 5.41 Å². The van der Waals surface area contributed by atoms with Crippen molar-refractivity contribution in [3.05, 3.63) is 29.3 Å². The molecular weight excluding hydrogens is 322 g/mol. The summed E-state index contributed by atoms with van der Waals surface area (Å²) in [6, 6.07) is 6.49. The minimum Gasteiger partial charge on any atom is -0.492 e. The van der Waals surface area contributed by atoms with Gasteiger partial charge >= 0.3 is 11.9 Å². The Hall–Kier alpha value is -2.08. The standard InChI is InChI=1S/C17H29NO.C2H2O4/c1-6-7-10-18-11-12-19-16-13-14(2)8-9-15(16)17(3,4)5;3-1(4)2(5)6/h8-9,13,18H,6-7,10-12H2,1-5H3;(H,3,4)(H,5,6). The third kappa shape index (κ3) is 10.4. The highest BCUT2D eigenvalue weighted by molar-refractivity contribution is 6.27. The highest BCUT2D eigenvalue weighted by atomic mass is 16.5. The van der Waals surface area contributed by atoms with E-state index < -0.39 is 11.9 Å². The lowest BCUT2D eigenvalue weighted by Gasteiger charge is -2.23. The highest BCUT2D eigenvalue weighted by Crippen LogP contribution is 2.31. The monoisotopic (exact) mass is 353 g/mol. The van der Waals surface area contributed by atoms with Gasteiger partial charge in [-0.05, 0) is 42.5 Å². The Kier molecular flexibility index (Phi) is 10.5. The van der Waals surface area contributed by atoms with Gasteiger partial charge in [0.25, 0.3) is 0 Å². The zero-order chi connectivity index (χ0) is 19.5. The van der Waals surface area contributed by atoms with E-state index in [0.717, 1.165) is 25.4 Å². The van der Waals surface area contributed by atoms with E-state index >= 15 is 0 Å². The number of carbonyl (C=O) groups is 2. The van der Waals surface area contributed by atoms with Crippen LogP contribution in [0.15, 0.2) is 18.2 Å². The van der Waals surface area contributed by atoms with Gasteiger partial charge in [0.2, 0.25) is 0 Å². The molecule has 1 aromatic carbocycles. The number of unbranched alkanes of at least 4 members (excludes halogenated alkanes) is 1. The first-order valence-electron chi connectivity index (χ1n) is 8.50. The third-order valence-corrected chi connectivity index (χ3v) is 3.37. The van der Waals surface area contributed by atoms with Crippen LogP contribution in [0, 0.1) is 6.92 Å². The van der Waals surface area contributed by atoms with E-state index in [1.807, 2.05) is 0 Å². The Balaban J connectivity index is 0.000000823. The number of benzene rings is 1. The molecule has 0 bridgehead atoms. The number of ether oxygens (including phenoxy) is 1. The maximum Gasteiger partial charge on any atom is 0.414 e. The molecule has 6 heteroatoms. The number of carboxylic acid groups (broad SMARTS) is 2. The minimum atomic E-state index is -1.82. The van der Waals surface area contributed by atoms with Crippen LogP contribution in [0.1, 0.15) is 51.7 Å². The molecule has 0 aliphatic heterocycles. The van der Waals surface area contributed by atoms with Crippen molar-refractivity contribution >= 4 is 11.9 Å². The second-order valence-corrected chi connectivity index (χ2v) is 6.81. The van der Waals surface area contributed by atoms with Crippen LogP contribution < -0.4 is 10.1 Å². The van der Waals surface area contributed by atoms with Crippen molar-refractivity contribution in [1.82, 2.24) is 5.32 Å². The Bertz CT molecular complexity index is 537. The van der Waals surface area contributed by atoms with Gasteiger partial charge in [0.1, 0.15) is 12.4 Å². The molecule has 0 aromatic heterocycles. The largest absolute Gasteiger partial charge is 0.492 e. The van der Waals surface area contributed by atoms with Gasteiger partial charge in [-0.2, -0.15) is 0 Å². The highest BCUT2D eigenvalue weighted by Gasteiger charge is 2.18. The lowest BCUT2D eigenvalue weighted by molar-refractivity contribution is -0.159. The van der Waals surface area contributed by atoms with Crippen LogP contribution in [0.5, 0.6) is 5.75 Å². The fourth-order valence-electron chi connectivity index (χ4n) is 2.03. The quantitative estimate of drug-likeness (QED) is 0.514. The number of rotatable bonds is 7. The average molecular weight is 353 g/mol. The molecule has 3 N–H and O–H groups in total. The van der Waals surface area contributed by atoms with Gasteiger partial charge in [0.15, 0.2) is 0 Å². The molecule has 1 aromatic rings. The molecule has 0 atom stereocenters. The Labute approximate surface area is 150 Å². The Morgan fingerprint density at radius 1 is 1.12 bits per heavy atom. The summed E-state index contributed by atoms with van der Waals surface area (Å²) in [5, 5.41) is 18.2. The first kappa shape index (κ1) is 22.9. The van der Waals surface area contributed by atoms with Crippen molar-refractivity contribution in [3.63, 3.8) is 0 Å². The molecule has 6 nitrogen and oxygen atoms in total. The van der Waals surface area contributed by atoms with Crippen molar-refractivity contribution in [2.24, 2.45) is 0 Å². The summed E-state index contributed by atoms with van der Waals surface area (Å²) in [5.41, 5.74) is 2.66. The lowest BCUT2D eigenvalue weighted by atomic mass is 9.86. The molecule has 0 heterocycles. The fraction of sp³-hybridized carbons (Fsp3) is 0.579. The minimum absolute atomic E-state index is 0.124. The number of aliphatic carboxylic acids is 2. The van der Waals surface area contributed by atoms with Gasteiger partial charge < -0.3 is 20.3 Å². The van der Waals surface area contributed by atoms with Crippen molar-refractivity contribution in [2.75, 3.05) is 19.7 Å². The van der Waals surface area contributed by atoms with E-state index in [2.05, 4.69) is 58.1 Å². The summed E-state index contributed by atoms with van der Waals surface area (Å²) < 4.78 is 5.96. The molecule has 0 amide bonds. The molecule has 0 radical (unpaired) electrons. The molecule has 0 aliphatic rings. The van der Waals surface area contributed by atoms with Crippen molar-refractivity contribution in [1.29, 1.82) is 0 Å². The summed E-state index contributed by atoms with van der Waals surface area (Å²) in [6.07, 6.45) is 2.47. The van der Waals surface area contributed by atoms with E-state index in [0.29, 0.717) is 0 Å². The van der Waals surface area contributed by atoms with Gasteiger partial charge in [-0.3, -0.25) is 0 Å². The molecule has 0 saturated carbocycles. The van der Waals surface area contributed by atoms with Crippen LogP contribution in [-0.2, 0) is 15.0 Å². The second-order valence-electron chi connectivity index (χ2n) is 6.81. The number of hydrogen-bond acceptors (Lipinski definition) is 4. The molecule has 0 aliphatic carbocycles. The Morgan fingerprint density at radius 2 is 1.72 bits per heavy atom. The van der Waals surface area contributed by atoms with Crippen molar-refractivity contribution in [2.45, 2.75) is 52.9 Å². The van der Waals surface area contributed by atoms with E-state index in [1.165, 1.54) is 24.0 Å². The van der Waals surface area contributed by atoms with Gasteiger partial charge in [0.05, 0.1) is 0 Å². The number of nitrogens with one attached hydrogen (secondary N) is 1. The molecule has 0 unspecified atom stereocenters. The van der Waals surface area contributed by atoms with Gasteiger partial charge in [-0.25, -0.2) is 9.59 Å². The lowest BCUT2D eigenvalue weighted by Crippen LogP contribution is -2.23. The zero-order valence-electron chi connectivity index (χ0n) is 15.9. The SMILES string of the molecule is CCCCNCCOc1cc(C)ccc1C(C)(C)C.O=C(O)C(=O)O. The molecule has 0 fully saturated rings. The predicted octanol–water partition coefficient (Wildman–Crippen LogP) is 3.22. The summed E-state index contributed by atoms with van der Waals surface area (Å²) in [7, 11) is 0. The average Bonchev–Trinajstić information content (AvgIpc) is 2.50. The van der Waals surface area contributed by atoms with E-state index in [1.54, 1.807) is 0 Å². The normalized spacial score (nSPS) is 10.6. The van der Waals surface area contributed by atoms with Crippen LogP contribution in [-0.4, -0.2) is 41.8 Å². The van der Waals surface area contributed by atoms with Gasteiger partial charge in [-0.15, -0.1) is 0 Å². The molecular formula is C19H31NO5. The summed E-state index contributed by atoms with van der Waals surface area (Å²) >= 11 is 0. The summed E-state index contributed by atoms with van der Waals surface area (Å²) in [5.74, 6) is -2.62. The predicted molar refractivity (Wildman–Crippen MR) is 98.4 cm³/mol. The van der Waals surface area contributed by atoms with Crippen LogP contribution in [0.25, 0.3) is 0 Å². The van der Waals surface area contributed by atoms with E-state index in [9.17, 15) is 0 Å². The third-order valence-electron chi connectivity index (χ3n) is 3.37. The maximum atomic E-state index is 9.10. The molecule has 0 saturated heterocycles. The zero-order valence-corrected chi connectivity index (χ0v) is 15.9. The first-order chi connectivity index (χ1) is 11.6. The smallest absolute Gasteiger partial charge is 0.414 e. The molecule has 25 heavy (non-hydrogen) atoms. The molecule has 0 spiro atoms. The van der Waals surface area contributed by atoms with Crippen LogP contribution in [0.2, 0.25) is 0 Å². The second kappa shape index (κ2) is 11.5. The molecule has 1 rings (SSSR count). The summed E-state index contributed by atoms with van der Waals surface area (Å²) in [4.78, 5) is 18.2. The van der Waals surface area contributed by atoms with Gasteiger partial charge in [0, 0.05) is 6.54 Å². The van der Waals surface area contributed by atoms with E-state index in [4.69, 9.17) is 24.5 Å². The Morgan fingerprint density at radius 3 is 2.20 bits per heavy atom. The maximum absolute atomic E-state index is 9.10. The van der Waals surface area contributed by atoms with Gasteiger partial charge in [-0.1, -0.05) is 46.2 Å². The van der Waals surface area contributed by atoms with Crippen molar-refractivity contribution in [3.8, 4) is 5.75 Å². The summed E-state index contributed by atoms with van der Waals surface area (Å²) in [6.45, 7) is 13.7. The molecule has 142 valence electrons. The number of aryl methyl sites for hydroxylation is 1. The van der Waals surface area contributed by atoms with Crippen LogP contribution in [0.3, 0.4) is 0 Å². The van der Waals surface area contributed by atoms with Crippen LogP contribution >= 0.6 is 0 Å². The van der Waals surface area contributed by atoms with Crippen LogP contribution in [0.4, 0.5) is 0 Å².